The SMILES string of the molecule is C[C@@H]1CCC[C@H](C)N1C(=O)NCc1ccccc1. The summed E-state index contributed by atoms with van der Waals surface area (Å²) in [5, 5.41) is 3.02. The third-order valence-electron chi connectivity index (χ3n) is 3.71. The molecule has 0 unspecified atom stereocenters. The maximum absolute atomic E-state index is 12.2. The van der Waals surface area contributed by atoms with Gasteiger partial charge in [-0.2, -0.15) is 0 Å². The van der Waals surface area contributed by atoms with Crippen molar-refractivity contribution in [1.82, 2.24) is 10.2 Å². The van der Waals surface area contributed by atoms with Crippen molar-refractivity contribution in [2.45, 2.75) is 51.7 Å². The molecule has 2 rings (SSSR count). The Kier molecular flexibility index (Phi) is 4.24. The largest absolute Gasteiger partial charge is 0.334 e. The van der Waals surface area contributed by atoms with E-state index >= 15 is 0 Å². The molecule has 3 heteroatoms. The molecular weight excluding hydrogens is 224 g/mol. The Morgan fingerprint density at radius 2 is 1.83 bits per heavy atom. The summed E-state index contributed by atoms with van der Waals surface area (Å²) in [5.41, 5.74) is 1.14. The van der Waals surface area contributed by atoms with Crippen molar-refractivity contribution in [3.8, 4) is 0 Å². The molecule has 1 aromatic rings. The molecule has 0 aliphatic carbocycles. The van der Waals surface area contributed by atoms with E-state index in [-0.39, 0.29) is 6.03 Å². The second-order valence-corrected chi connectivity index (χ2v) is 5.18. The zero-order valence-corrected chi connectivity index (χ0v) is 11.2. The molecule has 3 nitrogen and oxygen atoms in total. The van der Waals surface area contributed by atoms with Crippen LogP contribution in [0.3, 0.4) is 0 Å². The maximum Gasteiger partial charge on any atom is 0.318 e. The Labute approximate surface area is 109 Å². The normalized spacial score (nSPS) is 23.8. The van der Waals surface area contributed by atoms with E-state index in [9.17, 15) is 4.79 Å². The quantitative estimate of drug-likeness (QED) is 0.854. The highest BCUT2D eigenvalue weighted by atomic mass is 16.2. The molecule has 1 fully saturated rings. The molecule has 2 amide bonds. The summed E-state index contributed by atoms with van der Waals surface area (Å²) in [4.78, 5) is 14.2. The molecule has 0 aromatic heterocycles. The highest BCUT2D eigenvalue weighted by Gasteiger charge is 2.28. The summed E-state index contributed by atoms with van der Waals surface area (Å²) in [7, 11) is 0. The smallest absolute Gasteiger partial charge is 0.318 e. The lowest BCUT2D eigenvalue weighted by Gasteiger charge is -2.38. The Hall–Kier alpha value is -1.51. The number of hydrogen-bond donors (Lipinski definition) is 1. The van der Waals surface area contributed by atoms with Crippen molar-refractivity contribution in [2.24, 2.45) is 0 Å². The van der Waals surface area contributed by atoms with Gasteiger partial charge in [-0.3, -0.25) is 0 Å². The fourth-order valence-electron chi connectivity index (χ4n) is 2.69. The summed E-state index contributed by atoms with van der Waals surface area (Å²) < 4.78 is 0. The second kappa shape index (κ2) is 5.89. The number of amides is 2. The van der Waals surface area contributed by atoms with Crippen LogP contribution in [0.2, 0.25) is 0 Å². The topological polar surface area (TPSA) is 32.3 Å². The highest BCUT2D eigenvalue weighted by Crippen LogP contribution is 2.22. The monoisotopic (exact) mass is 246 g/mol. The number of hydrogen-bond acceptors (Lipinski definition) is 1. The second-order valence-electron chi connectivity index (χ2n) is 5.18. The van der Waals surface area contributed by atoms with Crippen LogP contribution in [0.4, 0.5) is 4.79 Å². The first kappa shape index (κ1) is 12.9. The van der Waals surface area contributed by atoms with Gasteiger partial charge in [-0.25, -0.2) is 4.79 Å². The number of rotatable bonds is 2. The van der Waals surface area contributed by atoms with Crippen LogP contribution in [0, 0.1) is 0 Å². The lowest BCUT2D eigenvalue weighted by molar-refractivity contribution is 0.123. The van der Waals surface area contributed by atoms with Gasteiger partial charge in [0.25, 0.3) is 0 Å². The van der Waals surface area contributed by atoms with E-state index in [0.717, 1.165) is 18.4 Å². The van der Waals surface area contributed by atoms with Gasteiger partial charge in [-0.15, -0.1) is 0 Å². The molecule has 0 radical (unpaired) electrons. The van der Waals surface area contributed by atoms with E-state index < -0.39 is 0 Å². The van der Waals surface area contributed by atoms with E-state index in [1.165, 1.54) is 6.42 Å². The first-order valence-electron chi connectivity index (χ1n) is 6.78. The van der Waals surface area contributed by atoms with E-state index in [4.69, 9.17) is 0 Å². The predicted molar refractivity (Wildman–Crippen MR) is 73.3 cm³/mol. The van der Waals surface area contributed by atoms with E-state index in [2.05, 4.69) is 19.2 Å². The Morgan fingerprint density at radius 3 is 2.44 bits per heavy atom. The van der Waals surface area contributed by atoms with Crippen LogP contribution in [-0.2, 0) is 6.54 Å². The molecule has 98 valence electrons. The number of nitrogens with one attached hydrogen (secondary N) is 1. The maximum atomic E-state index is 12.2. The third-order valence-corrected chi connectivity index (χ3v) is 3.71. The van der Waals surface area contributed by atoms with Crippen LogP contribution < -0.4 is 5.32 Å². The van der Waals surface area contributed by atoms with Crippen LogP contribution in [0.25, 0.3) is 0 Å². The molecule has 1 N–H and O–H groups in total. The number of benzene rings is 1. The van der Waals surface area contributed by atoms with Gasteiger partial charge < -0.3 is 10.2 Å². The fraction of sp³-hybridized carbons (Fsp3) is 0.533. The average molecular weight is 246 g/mol. The third kappa shape index (κ3) is 3.03. The van der Waals surface area contributed by atoms with Crippen molar-refractivity contribution in [3.63, 3.8) is 0 Å². The van der Waals surface area contributed by atoms with Crippen molar-refractivity contribution < 1.29 is 4.79 Å². The Balaban J connectivity index is 1.91. The van der Waals surface area contributed by atoms with Crippen LogP contribution >= 0.6 is 0 Å². The van der Waals surface area contributed by atoms with Gasteiger partial charge in [-0.1, -0.05) is 30.3 Å². The summed E-state index contributed by atoms with van der Waals surface area (Å²) in [5.74, 6) is 0. The summed E-state index contributed by atoms with van der Waals surface area (Å²) in [6, 6.07) is 10.8. The zero-order chi connectivity index (χ0) is 13.0. The highest BCUT2D eigenvalue weighted by molar-refractivity contribution is 5.75. The van der Waals surface area contributed by atoms with Crippen molar-refractivity contribution in [1.29, 1.82) is 0 Å². The number of likely N-dealkylation sites (tertiary alicyclic amines) is 1. The molecular formula is C15H22N2O. The molecule has 1 saturated heterocycles. The van der Waals surface area contributed by atoms with Gasteiger partial charge in [0.15, 0.2) is 0 Å². The van der Waals surface area contributed by atoms with E-state index in [1.807, 2.05) is 35.2 Å². The van der Waals surface area contributed by atoms with Crippen molar-refractivity contribution in [2.75, 3.05) is 0 Å². The minimum atomic E-state index is 0.0681. The van der Waals surface area contributed by atoms with Gasteiger partial charge in [0.2, 0.25) is 0 Å². The van der Waals surface area contributed by atoms with Gasteiger partial charge in [0, 0.05) is 18.6 Å². The molecule has 0 bridgehead atoms. The van der Waals surface area contributed by atoms with Gasteiger partial charge in [0.05, 0.1) is 0 Å². The van der Waals surface area contributed by atoms with Crippen LogP contribution in [-0.4, -0.2) is 23.0 Å². The standard InChI is InChI=1S/C15H22N2O/c1-12-7-6-8-13(2)17(12)15(18)16-11-14-9-4-3-5-10-14/h3-5,9-10,12-13H,6-8,11H2,1-2H3,(H,16,18)/t12-,13+. The first-order chi connectivity index (χ1) is 8.68. The van der Waals surface area contributed by atoms with Crippen LogP contribution in [0.1, 0.15) is 38.7 Å². The summed E-state index contributed by atoms with van der Waals surface area (Å²) >= 11 is 0. The molecule has 1 aromatic carbocycles. The minimum absolute atomic E-state index is 0.0681. The van der Waals surface area contributed by atoms with Crippen LogP contribution in [0.5, 0.6) is 0 Å². The summed E-state index contributed by atoms with van der Waals surface area (Å²) in [6.07, 6.45) is 3.46. The minimum Gasteiger partial charge on any atom is -0.334 e. The lowest BCUT2D eigenvalue weighted by Crippen LogP contribution is -2.51. The Bertz CT molecular complexity index is 381. The first-order valence-corrected chi connectivity index (χ1v) is 6.78. The number of carbonyl (C=O) groups excluding carboxylic acids is 1. The van der Waals surface area contributed by atoms with Crippen molar-refractivity contribution >= 4 is 6.03 Å². The number of carbonyl (C=O) groups is 1. The van der Waals surface area contributed by atoms with Gasteiger partial charge in [0.1, 0.15) is 0 Å². The Morgan fingerprint density at radius 1 is 1.22 bits per heavy atom. The van der Waals surface area contributed by atoms with E-state index in [0.29, 0.717) is 18.6 Å². The molecule has 1 aliphatic heterocycles. The fourth-order valence-corrected chi connectivity index (χ4v) is 2.69. The summed E-state index contributed by atoms with van der Waals surface area (Å²) in [6.45, 7) is 4.88. The van der Waals surface area contributed by atoms with Crippen molar-refractivity contribution in [3.05, 3.63) is 35.9 Å². The number of urea groups is 1. The molecule has 2 atom stereocenters. The van der Waals surface area contributed by atoms with Crippen LogP contribution in [0.15, 0.2) is 30.3 Å². The zero-order valence-electron chi connectivity index (χ0n) is 11.2. The number of nitrogens with zero attached hydrogens (tertiary/aromatic N) is 1. The van der Waals surface area contributed by atoms with Gasteiger partial charge in [-0.05, 0) is 38.7 Å². The lowest BCUT2D eigenvalue weighted by atomic mass is 9.98. The number of piperidine rings is 1. The molecule has 1 heterocycles. The molecule has 1 aliphatic rings. The van der Waals surface area contributed by atoms with E-state index in [1.54, 1.807) is 0 Å². The van der Waals surface area contributed by atoms with Gasteiger partial charge >= 0.3 is 6.03 Å². The predicted octanol–water partition coefficient (Wildman–Crippen LogP) is 3.16. The molecule has 0 saturated carbocycles. The molecule has 0 spiro atoms. The molecule has 18 heavy (non-hydrogen) atoms. The average Bonchev–Trinajstić information content (AvgIpc) is 2.37.